The number of pyridine rings is 1. The molecule has 5 nitrogen and oxygen atoms in total. The maximum atomic E-state index is 4.66. The summed E-state index contributed by atoms with van der Waals surface area (Å²) in [5, 5.41) is 6.74. The Morgan fingerprint density at radius 2 is 1.64 bits per heavy atom. The summed E-state index contributed by atoms with van der Waals surface area (Å²) in [6, 6.07) is 12.1. The van der Waals surface area contributed by atoms with Gasteiger partial charge in [0.2, 0.25) is 5.95 Å². The second-order valence-corrected chi connectivity index (χ2v) is 6.17. The number of aryl methyl sites for hydroxylation is 3. The fraction of sp³-hybridized carbons (Fsp3) is 0.250. The van der Waals surface area contributed by atoms with Gasteiger partial charge in [0.05, 0.1) is 12.2 Å². The van der Waals surface area contributed by atoms with E-state index >= 15 is 0 Å². The summed E-state index contributed by atoms with van der Waals surface area (Å²) in [6.45, 7) is 8.82. The summed E-state index contributed by atoms with van der Waals surface area (Å²) < 4.78 is 0. The van der Waals surface area contributed by atoms with Crippen molar-refractivity contribution < 1.29 is 0 Å². The molecule has 0 amide bonds. The minimum absolute atomic E-state index is 0.589. The van der Waals surface area contributed by atoms with Crippen LogP contribution < -0.4 is 10.6 Å². The lowest BCUT2D eigenvalue weighted by Crippen LogP contribution is -2.09. The topological polar surface area (TPSA) is 62.7 Å². The van der Waals surface area contributed by atoms with Crippen molar-refractivity contribution in [2.24, 2.45) is 0 Å². The molecule has 3 aromatic rings. The number of hydrogen-bond donors (Lipinski definition) is 2. The molecule has 0 aliphatic rings. The largest absolute Gasteiger partial charge is 0.349 e. The molecule has 0 bridgehead atoms. The van der Waals surface area contributed by atoms with Gasteiger partial charge in [-0.15, -0.1) is 0 Å². The second kappa shape index (κ2) is 7.30. The van der Waals surface area contributed by atoms with E-state index in [4.69, 9.17) is 0 Å². The maximum absolute atomic E-state index is 4.66. The Bertz CT molecular complexity index is 855. The van der Waals surface area contributed by atoms with Crippen LogP contribution in [0.3, 0.4) is 0 Å². The Balaban J connectivity index is 1.85. The molecule has 2 heterocycles. The standard InChI is InChI=1S/C20H23N5/c1-13-8-7-9-14(2)18(13)24-19-15(3)16(4)23-20(25-19)22-12-17-10-5-6-11-21-17/h5-11H,12H2,1-4H3,(H2,22,23,24,25). The summed E-state index contributed by atoms with van der Waals surface area (Å²) in [5.74, 6) is 1.43. The molecular formula is C20H23N5. The molecule has 25 heavy (non-hydrogen) atoms. The van der Waals surface area contributed by atoms with Gasteiger partial charge in [0.1, 0.15) is 5.82 Å². The third-order valence-corrected chi connectivity index (χ3v) is 4.27. The minimum Gasteiger partial charge on any atom is -0.349 e. The third kappa shape index (κ3) is 3.94. The number of hydrogen-bond acceptors (Lipinski definition) is 5. The molecule has 0 spiro atoms. The van der Waals surface area contributed by atoms with Gasteiger partial charge in [-0.1, -0.05) is 24.3 Å². The normalized spacial score (nSPS) is 10.6. The number of para-hydroxylation sites is 1. The Kier molecular flexibility index (Phi) is 4.93. The molecule has 0 saturated heterocycles. The molecule has 0 radical (unpaired) electrons. The predicted octanol–water partition coefficient (Wildman–Crippen LogP) is 4.46. The molecule has 0 unspecified atom stereocenters. The highest BCUT2D eigenvalue weighted by Gasteiger charge is 2.11. The molecule has 0 saturated carbocycles. The number of benzene rings is 1. The first-order valence-corrected chi connectivity index (χ1v) is 8.37. The monoisotopic (exact) mass is 333 g/mol. The van der Waals surface area contributed by atoms with Gasteiger partial charge in [-0.25, -0.2) is 4.98 Å². The zero-order valence-electron chi connectivity index (χ0n) is 15.1. The lowest BCUT2D eigenvalue weighted by Gasteiger charge is -2.16. The van der Waals surface area contributed by atoms with Crippen molar-refractivity contribution in [3.8, 4) is 0 Å². The lowest BCUT2D eigenvalue weighted by molar-refractivity contribution is 0.981. The van der Waals surface area contributed by atoms with Gasteiger partial charge in [0, 0.05) is 23.1 Å². The van der Waals surface area contributed by atoms with Gasteiger partial charge in [-0.2, -0.15) is 4.98 Å². The fourth-order valence-corrected chi connectivity index (χ4v) is 2.63. The number of aromatic nitrogens is 3. The van der Waals surface area contributed by atoms with Gasteiger partial charge < -0.3 is 10.6 Å². The molecule has 1 aromatic carbocycles. The first-order valence-electron chi connectivity index (χ1n) is 8.37. The van der Waals surface area contributed by atoms with Crippen LogP contribution in [0.4, 0.5) is 17.5 Å². The van der Waals surface area contributed by atoms with E-state index in [2.05, 4.69) is 57.6 Å². The maximum Gasteiger partial charge on any atom is 0.225 e. The lowest BCUT2D eigenvalue weighted by atomic mass is 10.1. The summed E-state index contributed by atoms with van der Waals surface area (Å²) in [7, 11) is 0. The number of nitrogens with zero attached hydrogens (tertiary/aromatic N) is 3. The van der Waals surface area contributed by atoms with Crippen molar-refractivity contribution in [3.63, 3.8) is 0 Å². The molecule has 0 atom stereocenters. The average molecular weight is 333 g/mol. The van der Waals surface area contributed by atoms with Crippen LogP contribution in [0.5, 0.6) is 0 Å². The van der Waals surface area contributed by atoms with Gasteiger partial charge in [-0.3, -0.25) is 4.98 Å². The molecular weight excluding hydrogens is 310 g/mol. The fourth-order valence-electron chi connectivity index (χ4n) is 2.63. The first kappa shape index (κ1) is 16.9. The van der Waals surface area contributed by atoms with Gasteiger partial charge in [0.15, 0.2) is 0 Å². The quantitative estimate of drug-likeness (QED) is 0.722. The van der Waals surface area contributed by atoms with Gasteiger partial charge in [0.25, 0.3) is 0 Å². The van der Waals surface area contributed by atoms with Gasteiger partial charge >= 0.3 is 0 Å². The van der Waals surface area contributed by atoms with Crippen LogP contribution in [-0.4, -0.2) is 15.0 Å². The molecule has 5 heteroatoms. The Morgan fingerprint density at radius 1 is 0.880 bits per heavy atom. The van der Waals surface area contributed by atoms with Crippen LogP contribution in [0.1, 0.15) is 28.1 Å². The molecule has 2 N–H and O–H groups in total. The van der Waals surface area contributed by atoms with Crippen LogP contribution in [0.15, 0.2) is 42.6 Å². The van der Waals surface area contributed by atoms with Crippen LogP contribution in [0.25, 0.3) is 0 Å². The van der Waals surface area contributed by atoms with E-state index in [1.807, 2.05) is 32.0 Å². The van der Waals surface area contributed by atoms with Crippen molar-refractivity contribution in [1.82, 2.24) is 15.0 Å². The van der Waals surface area contributed by atoms with Crippen molar-refractivity contribution >= 4 is 17.5 Å². The second-order valence-electron chi connectivity index (χ2n) is 6.17. The predicted molar refractivity (Wildman–Crippen MR) is 102 cm³/mol. The highest BCUT2D eigenvalue weighted by atomic mass is 15.1. The van der Waals surface area contributed by atoms with Crippen LogP contribution in [0, 0.1) is 27.7 Å². The van der Waals surface area contributed by atoms with Crippen molar-refractivity contribution in [2.75, 3.05) is 10.6 Å². The van der Waals surface area contributed by atoms with Crippen LogP contribution >= 0.6 is 0 Å². The number of rotatable bonds is 5. The highest BCUT2D eigenvalue weighted by molar-refractivity contribution is 5.67. The van der Waals surface area contributed by atoms with Crippen LogP contribution in [-0.2, 0) is 6.54 Å². The molecule has 0 aliphatic heterocycles. The Hall–Kier alpha value is -2.95. The summed E-state index contributed by atoms with van der Waals surface area (Å²) >= 11 is 0. The zero-order valence-corrected chi connectivity index (χ0v) is 15.1. The van der Waals surface area contributed by atoms with E-state index < -0.39 is 0 Å². The average Bonchev–Trinajstić information content (AvgIpc) is 2.61. The summed E-state index contributed by atoms with van der Waals surface area (Å²) in [4.78, 5) is 13.5. The Morgan fingerprint density at radius 3 is 2.32 bits per heavy atom. The Labute approximate surface area is 148 Å². The highest BCUT2D eigenvalue weighted by Crippen LogP contribution is 2.26. The first-order chi connectivity index (χ1) is 12.0. The molecule has 0 fully saturated rings. The molecule has 3 rings (SSSR count). The third-order valence-electron chi connectivity index (χ3n) is 4.27. The molecule has 128 valence electrons. The van der Waals surface area contributed by atoms with Gasteiger partial charge in [-0.05, 0) is 51.0 Å². The van der Waals surface area contributed by atoms with Crippen molar-refractivity contribution in [2.45, 2.75) is 34.2 Å². The minimum atomic E-state index is 0.589. The van der Waals surface area contributed by atoms with E-state index in [0.717, 1.165) is 28.5 Å². The molecule has 0 aliphatic carbocycles. The van der Waals surface area contributed by atoms with E-state index in [1.54, 1.807) is 6.20 Å². The number of nitrogens with one attached hydrogen (secondary N) is 2. The SMILES string of the molecule is Cc1cccc(C)c1Nc1nc(NCc2ccccn2)nc(C)c1C. The van der Waals surface area contributed by atoms with E-state index in [1.165, 1.54) is 11.1 Å². The van der Waals surface area contributed by atoms with Crippen LogP contribution in [0.2, 0.25) is 0 Å². The smallest absolute Gasteiger partial charge is 0.225 e. The molecule has 2 aromatic heterocycles. The summed E-state index contributed by atoms with van der Waals surface area (Å²) in [5.41, 5.74) is 6.43. The van der Waals surface area contributed by atoms with E-state index in [0.29, 0.717) is 12.5 Å². The summed E-state index contributed by atoms with van der Waals surface area (Å²) in [6.07, 6.45) is 1.78. The zero-order chi connectivity index (χ0) is 17.8. The number of anilines is 3. The van der Waals surface area contributed by atoms with Crippen molar-refractivity contribution in [1.29, 1.82) is 0 Å². The van der Waals surface area contributed by atoms with E-state index in [-0.39, 0.29) is 0 Å². The van der Waals surface area contributed by atoms with Crippen molar-refractivity contribution in [3.05, 3.63) is 70.7 Å². The van der Waals surface area contributed by atoms with E-state index in [9.17, 15) is 0 Å².